The van der Waals surface area contributed by atoms with Crippen molar-refractivity contribution in [3.05, 3.63) is 29.6 Å². The van der Waals surface area contributed by atoms with Gasteiger partial charge >= 0.3 is 0 Å². The van der Waals surface area contributed by atoms with Crippen LogP contribution in [0.1, 0.15) is 31.2 Å². The maximum atomic E-state index is 13.6. The Labute approximate surface area is 124 Å². The molecule has 0 bridgehead atoms. The molecular formula is C16H22FNO3. The van der Waals surface area contributed by atoms with E-state index in [9.17, 15) is 9.18 Å². The second-order valence-electron chi connectivity index (χ2n) is 5.39. The normalized spacial score (nSPS) is 18.0. The van der Waals surface area contributed by atoms with Crippen LogP contribution in [0.4, 0.5) is 4.39 Å². The quantitative estimate of drug-likeness (QED) is 0.875. The van der Waals surface area contributed by atoms with Crippen LogP contribution < -0.4 is 4.74 Å². The number of nitrogens with zero attached hydrogens (tertiary/aromatic N) is 1. The lowest BCUT2D eigenvalue weighted by atomic mass is 10.1. The molecule has 1 unspecified atom stereocenters. The van der Waals surface area contributed by atoms with Crippen LogP contribution in [0.5, 0.6) is 5.75 Å². The molecule has 1 amide bonds. The predicted octanol–water partition coefficient (Wildman–Crippen LogP) is 2.14. The predicted molar refractivity (Wildman–Crippen MR) is 77.7 cm³/mol. The van der Waals surface area contributed by atoms with Gasteiger partial charge in [0.1, 0.15) is 0 Å². The smallest absolute Gasteiger partial charge is 0.227 e. The number of likely N-dealkylation sites (tertiary alicyclic amines) is 1. The largest absolute Gasteiger partial charge is 0.494 e. The number of benzene rings is 1. The minimum Gasteiger partial charge on any atom is -0.494 e. The summed E-state index contributed by atoms with van der Waals surface area (Å²) in [5, 5.41) is 8.91. The average molecular weight is 295 g/mol. The summed E-state index contributed by atoms with van der Waals surface area (Å²) in [6, 6.07) is 4.84. The SMILES string of the molecule is COc1ccc(CC(=O)N2CCCC2CCCO)cc1F. The second-order valence-corrected chi connectivity index (χ2v) is 5.39. The number of rotatable bonds is 6. The van der Waals surface area contributed by atoms with E-state index in [4.69, 9.17) is 9.84 Å². The number of aliphatic hydroxyl groups is 1. The molecule has 0 saturated carbocycles. The van der Waals surface area contributed by atoms with E-state index >= 15 is 0 Å². The fourth-order valence-corrected chi connectivity index (χ4v) is 2.89. The Morgan fingerprint density at radius 3 is 3.00 bits per heavy atom. The Balaban J connectivity index is 1.98. The Morgan fingerprint density at radius 2 is 2.33 bits per heavy atom. The monoisotopic (exact) mass is 295 g/mol. The molecule has 4 nitrogen and oxygen atoms in total. The zero-order valence-corrected chi connectivity index (χ0v) is 12.3. The zero-order chi connectivity index (χ0) is 15.2. The molecule has 0 radical (unpaired) electrons. The first-order chi connectivity index (χ1) is 10.2. The highest BCUT2D eigenvalue weighted by Crippen LogP contribution is 2.23. The molecule has 1 aromatic rings. The van der Waals surface area contributed by atoms with Crippen molar-refractivity contribution in [3.8, 4) is 5.75 Å². The summed E-state index contributed by atoms with van der Waals surface area (Å²) in [6.07, 6.45) is 3.74. The molecular weight excluding hydrogens is 273 g/mol. The zero-order valence-electron chi connectivity index (χ0n) is 12.3. The van der Waals surface area contributed by atoms with Crippen LogP contribution in [0, 0.1) is 5.82 Å². The number of methoxy groups -OCH3 is 1. The molecule has 0 aromatic heterocycles. The lowest BCUT2D eigenvalue weighted by molar-refractivity contribution is -0.131. The van der Waals surface area contributed by atoms with Gasteiger partial charge in [-0.05, 0) is 43.4 Å². The molecule has 0 spiro atoms. The van der Waals surface area contributed by atoms with Gasteiger partial charge in [-0.2, -0.15) is 0 Å². The van der Waals surface area contributed by atoms with Crippen molar-refractivity contribution in [2.24, 2.45) is 0 Å². The lowest BCUT2D eigenvalue weighted by Gasteiger charge is -2.24. The standard InChI is InChI=1S/C16H22FNO3/c1-21-15-7-6-12(10-14(15)17)11-16(20)18-8-2-4-13(18)5-3-9-19/h6-7,10,13,19H,2-5,8-9,11H2,1H3. The third-order valence-electron chi connectivity index (χ3n) is 3.96. The van der Waals surface area contributed by atoms with E-state index < -0.39 is 5.82 Å². The first-order valence-corrected chi connectivity index (χ1v) is 7.38. The Morgan fingerprint density at radius 1 is 1.52 bits per heavy atom. The first kappa shape index (κ1) is 15.8. The van der Waals surface area contributed by atoms with E-state index in [-0.39, 0.29) is 30.7 Å². The number of hydrogen-bond acceptors (Lipinski definition) is 3. The van der Waals surface area contributed by atoms with Crippen LogP contribution in [-0.4, -0.2) is 42.2 Å². The Bertz CT molecular complexity index is 492. The maximum absolute atomic E-state index is 13.6. The fourth-order valence-electron chi connectivity index (χ4n) is 2.89. The van der Waals surface area contributed by atoms with Crippen molar-refractivity contribution in [2.75, 3.05) is 20.3 Å². The van der Waals surface area contributed by atoms with Crippen LogP contribution >= 0.6 is 0 Å². The van der Waals surface area contributed by atoms with Crippen molar-refractivity contribution in [1.29, 1.82) is 0 Å². The topological polar surface area (TPSA) is 49.8 Å². The van der Waals surface area contributed by atoms with Gasteiger partial charge in [0.05, 0.1) is 13.5 Å². The fraction of sp³-hybridized carbons (Fsp3) is 0.562. The van der Waals surface area contributed by atoms with Crippen molar-refractivity contribution in [1.82, 2.24) is 4.90 Å². The molecule has 1 saturated heterocycles. The molecule has 1 heterocycles. The molecule has 21 heavy (non-hydrogen) atoms. The molecule has 0 aliphatic carbocycles. The summed E-state index contributed by atoms with van der Waals surface area (Å²) < 4.78 is 18.5. The van der Waals surface area contributed by atoms with Gasteiger partial charge in [-0.15, -0.1) is 0 Å². The molecule has 116 valence electrons. The average Bonchev–Trinajstić information content (AvgIpc) is 2.93. The van der Waals surface area contributed by atoms with E-state index in [2.05, 4.69) is 0 Å². The molecule has 1 aliphatic heterocycles. The van der Waals surface area contributed by atoms with Crippen molar-refractivity contribution < 1.29 is 19.0 Å². The van der Waals surface area contributed by atoms with Crippen molar-refractivity contribution >= 4 is 5.91 Å². The van der Waals surface area contributed by atoms with Gasteiger partial charge in [0.15, 0.2) is 11.6 Å². The minimum atomic E-state index is -0.443. The number of halogens is 1. The number of ether oxygens (including phenoxy) is 1. The molecule has 1 aromatic carbocycles. The summed E-state index contributed by atoms with van der Waals surface area (Å²) in [6.45, 7) is 0.912. The highest BCUT2D eigenvalue weighted by Gasteiger charge is 2.28. The van der Waals surface area contributed by atoms with Crippen molar-refractivity contribution in [2.45, 2.75) is 38.1 Å². The van der Waals surface area contributed by atoms with E-state index in [0.717, 1.165) is 25.8 Å². The maximum Gasteiger partial charge on any atom is 0.227 e. The highest BCUT2D eigenvalue weighted by atomic mass is 19.1. The molecule has 1 fully saturated rings. The number of hydrogen-bond donors (Lipinski definition) is 1. The first-order valence-electron chi connectivity index (χ1n) is 7.38. The van der Waals surface area contributed by atoms with E-state index in [0.29, 0.717) is 12.0 Å². The highest BCUT2D eigenvalue weighted by molar-refractivity contribution is 5.79. The second kappa shape index (κ2) is 7.41. The molecule has 1 N–H and O–H groups in total. The molecule has 2 rings (SSSR count). The van der Waals surface area contributed by atoms with E-state index in [1.54, 1.807) is 12.1 Å². The van der Waals surface area contributed by atoms with Crippen LogP contribution in [-0.2, 0) is 11.2 Å². The van der Waals surface area contributed by atoms with Crippen LogP contribution in [0.2, 0.25) is 0 Å². The number of carbonyl (C=O) groups is 1. The third-order valence-corrected chi connectivity index (χ3v) is 3.96. The van der Waals surface area contributed by atoms with Gasteiger partial charge in [-0.3, -0.25) is 4.79 Å². The number of amides is 1. The molecule has 5 heteroatoms. The molecule has 1 atom stereocenters. The van der Waals surface area contributed by atoms with Gasteiger partial charge in [0.25, 0.3) is 0 Å². The van der Waals surface area contributed by atoms with Gasteiger partial charge in [-0.25, -0.2) is 4.39 Å². The van der Waals surface area contributed by atoms with Crippen molar-refractivity contribution in [3.63, 3.8) is 0 Å². The van der Waals surface area contributed by atoms with Crippen LogP contribution in [0.3, 0.4) is 0 Å². The summed E-state index contributed by atoms with van der Waals surface area (Å²) in [5.74, 6) is -0.228. The Kier molecular flexibility index (Phi) is 5.56. The summed E-state index contributed by atoms with van der Waals surface area (Å²) in [7, 11) is 1.42. The van der Waals surface area contributed by atoms with Crippen LogP contribution in [0.15, 0.2) is 18.2 Å². The van der Waals surface area contributed by atoms with Gasteiger partial charge < -0.3 is 14.7 Å². The summed E-state index contributed by atoms with van der Waals surface area (Å²) in [5.41, 5.74) is 0.658. The van der Waals surface area contributed by atoms with Gasteiger partial charge in [0, 0.05) is 19.2 Å². The minimum absolute atomic E-state index is 0.0278. The Hall–Kier alpha value is -1.62. The number of carbonyl (C=O) groups excluding carboxylic acids is 1. The number of aliphatic hydroxyl groups excluding tert-OH is 1. The van der Waals surface area contributed by atoms with Gasteiger partial charge in [0.2, 0.25) is 5.91 Å². The summed E-state index contributed by atoms with van der Waals surface area (Å²) >= 11 is 0. The van der Waals surface area contributed by atoms with Gasteiger partial charge in [-0.1, -0.05) is 6.07 Å². The lowest BCUT2D eigenvalue weighted by Crippen LogP contribution is -2.36. The summed E-state index contributed by atoms with van der Waals surface area (Å²) in [4.78, 5) is 14.2. The third kappa shape index (κ3) is 3.94. The molecule has 1 aliphatic rings. The van der Waals surface area contributed by atoms with E-state index in [1.807, 2.05) is 4.90 Å². The van der Waals surface area contributed by atoms with Crippen LogP contribution in [0.25, 0.3) is 0 Å². The van der Waals surface area contributed by atoms with E-state index in [1.165, 1.54) is 13.2 Å².